The lowest BCUT2D eigenvalue weighted by atomic mass is 9.74. The molecule has 2 heterocycles. The minimum atomic E-state index is -3.72. The van der Waals surface area contributed by atoms with E-state index in [0.717, 1.165) is 43.4 Å². The second-order valence-electron chi connectivity index (χ2n) is 8.99. The number of carbonyl (C=O) groups is 1. The monoisotopic (exact) mass is 486 g/mol. The van der Waals surface area contributed by atoms with Crippen LogP contribution in [-0.4, -0.2) is 58.1 Å². The largest absolute Gasteiger partial charge is 0.494 e. The summed E-state index contributed by atoms with van der Waals surface area (Å²) in [6.45, 7) is 5.19. The molecule has 0 unspecified atom stereocenters. The van der Waals surface area contributed by atoms with Crippen molar-refractivity contribution in [2.75, 3.05) is 39.5 Å². The fourth-order valence-corrected chi connectivity index (χ4v) is 6.58. The molecule has 2 aliphatic heterocycles. The maximum absolute atomic E-state index is 13.3. The van der Waals surface area contributed by atoms with Crippen molar-refractivity contribution in [2.24, 2.45) is 0 Å². The van der Waals surface area contributed by atoms with Gasteiger partial charge in [0.25, 0.3) is 5.91 Å². The van der Waals surface area contributed by atoms with Crippen LogP contribution in [0.3, 0.4) is 0 Å². The second kappa shape index (κ2) is 10.9. The van der Waals surface area contributed by atoms with Gasteiger partial charge in [0.2, 0.25) is 10.0 Å². The molecule has 2 saturated heterocycles. The predicted molar refractivity (Wildman–Crippen MR) is 131 cm³/mol. The van der Waals surface area contributed by atoms with Crippen LogP contribution in [0.25, 0.3) is 0 Å². The number of hydrogen-bond donors (Lipinski definition) is 1. The third kappa shape index (κ3) is 5.29. The normalized spacial score (nSPS) is 18.9. The van der Waals surface area contributed by atoms with E-state index in [9.17, 15) is 13.2 Å². The van der Waals surface area contributed by atoms with Gasteiger partial charge in [0.05, 0.1) is 17.1 Å². The molecular formula is C26H34N2O5S. The van der Waals surface area contributed by atoms with Crippen molar-refractivity contribution < 1.29 is 22.7 Å². The highest BCUT2D eigenvalue weighted by molar-refractivity contribution is 7.89. The number of benzene rings is 2. The van der Waals surface area contributed by atoms with Crippen LogP contribution in [0.4, 0.5) is 0 Å². The van der Waals surface area contributed by atoms with E-state index >= 15 is 0 Å². The first-order valence-electron chi connectivity index (χ1n) is 12.1. The molecule has 34 heavy (non-hydrogen) atoms. The number of amides is 1. The van der Waals surface area contributed by atoms with E-state index in [2.05, 4.69) is 17.4 Å². The Kier molecular flexibility index (Phi) is 7.91. The summed E-state index contributed by atoms with van der Waals surface area (Å²) in [6.07, 6.45) is 4.27. The Bertz CT molecular complexity index is 1070. The number of nitrogens with zero attached hydrogens (tertiary/aromatic N) is 1. The number of nitrogens with one attached hydrogen (secondary N) is 1. The quantitative estimate of drug-likeness (QED) is 0.615. The molecule has 0 atom stereocenters. The zero-order valence-corrected chi connectivity index (χ0v) is 20.6. The third-order valence-electron chi connectivity index (χ3n) is 6.88. The van der Waals surface area contributed by atoms with Gasteiger partial charge in [-0.2, -0.15) is 4.31 Å². The van der Waals surface area contributed by atoms with E-state index in [1.54, 1.807) is 18.2 Å². The highest BCUT2D eigenvalue weighted by Gasteiger charge is 2.36. The van der Waals surface area contributed by atoms with Gasteiger partial charge in [-0.3, -0.25) is 4.79 Å². The van der Waals surface area contributed by atoms with Crippen molar-refractivity contribution in [1.29, 1.82) is 0 Å². The van der Waals surface area contributed by atoms with Gasteiger partial charge < -0.3 is 14.8 Å². The number of rotatable bonds is 8. The van der Waals surface area contributed by atoms with Crippen LogP contribution in [-0.2, 0) is 20.2 Å². The molecular weight excluding hydrogens is 452 g/mol. The van der Waals surface area contributed by atoms with Crippen LogP contribution < -0.4 is 10.1 Å². The van der Waals surface area contributed by atoms with Gasteiger partial charge in [-0.05, 0) is 62.4 Å². The predicted octanol–water partition coefficient (Wildman–Crippen LogP) is 3.74. The maximum atomic E-state index is 13.3. The minimum Gasteiger partial charge on any atom is -0.494 e. The van der Waals surface area contributed by atoms with Crippen molar-refractivity contribution in [3.63, 3.8) is 0 Å². The highest BCUT2D eigenvalue weighted by atomic mass is 32.2. The van der Waals surface area contributed by atoms with E-state index in [1.165, 1.54) is 10.4 Å². The molecule has 0 saturated carbocycles. The summed E-state index contributed by atoms with van der Waals surface area (Å²) < 4.78 is 39.3. The molecule has 4 rings (SSSR count). The Labute approximate surface area is 202 Å². The average molecular weight is 487 g/mol. The highest BCUT2D eigenvalue weighted by Crippen LogP contribution is 2.35. The average Bonchev–Trinajstić information content (AvgIpc) is 2.89. The fraction of sp³-hybridized carbons (Fsp3) is 0.500. The molecule has 0 aromatic heterocycles. The maximum Gasteiger partial charge on any atom is 0.252 e. The third-order valence-corrected chi connectivity index (χ3v) is 8.84. The second-order valence-corrected chi connectivity index (χ2v) is 10.9. The van der Waals surface area contributed by atoms with Crippen molar-refractivity contribution >= 4 is 15.9 Å². The van der Waals surface area contributed by atoms with Gasteiger partial charge in [0.1, 0.15) is 5.75 Å². The summed E-state index contributed by atoms with van der Waals surface area (Å²) in [5.41, 5.74) is 1.04. The molecule has 0 radical (unpaired) electrons. The van der Waals surface area contributed by atoms with Gasteiger partial charge in [0, 0.05) is 38.3 Å². The van der Waals surface area contributed by atoms with Crippen LogP contribution in [0.2, 0.25) is 0 Å². The van der Waals surface area contributed by atoms with Gasteiger partial charge >= 0.3 is 0 Å². The molecule has 1 N–H and O–H groups in total. The van der Waals surface area contributed by atoms with Crippen LogP contribution in [0.5, 0.6) is 5.75 Å². The zero-order chi connectivity index (χ0) is 24.0. The van der Waals surface area contributed by atoms with Gasteiger partial charge in [-0.1, -0.05) is 30.7 Å². The van der Waals surface area contributed by atoms with E-state index in [0.29, 0.717) is 39.5 Å². The van der Waals surface area contributed by atoms with E-state index < -0.39 is 10.0 Å². The number of ether oxygens (including phenoxy) is 2. The van der Waals surface area contributed by atoms with Crippen LogP contribution in [0, 0.1) is 0 Å². The summed E-state index contributed by atoms with van der Waals surface area (Å²) in [5, 5.41) is 3.05. The lowest BCUT2D eigenvalue weighted by molar-refractivity contribution is 0.0486. The first-order valence-corrected chi connectivity index (χ1v) is 13.6. The van der Waals surface area contributed by atoms with E-state index in [4.69, 9.17) is 9.47 Å². The summed E-state index contributed by atoms with van der Waals surface area (Å²) in [7, 11) is -3.72. The van der Waals surface area contributed by atoms with Gasteiger partial charge in [-0.15, -0.1) is 0 Å². The van der Waals surface area contributed by atoms with Crippen molar-refractivity contribution in [3.8, 4) is 5.75 Å². The zero-order valence-electron chi connectivity index (χ0n) is 19.8. The SMILES string of the molecule is CCOc1ccc(C2(CNC(=O)c3ccccc3S(=O)(=O)N3CCCCC3)CCOCC2)cc1. The molecule has 7 nitrogen and oxygen atoms in total. The first-order chi connectivity index (χ1) is 16.5. The number of sulfonamides is 1. The van der Waals surface area contributed by atoms with Crippen molar-refractivity contribution in [1.82, 2.24) is 9.62 Å². The van der Waals surface area contributed by atoms with Crippen LogP contribution >= 0.6 is 0 Å². The number of hydrogen-bond acceptors (Lipinski definition) is 5. The summed E-state index contributed by atoms with van der Waals surface area (Å²) >= 11 is 0. The molecule has 184 valence electrons. The molecule has 0 bridgehead atoms. The van der Waals surface area contributed by atoms with Crippen LogP contribution in [0.1, 0.15) is 54.9 Å². The van der Waals surface area contributed by atoms with E-state index in [-0.39, 0.29) is 21.8 Å². The van der Waals surface area contributed by atoms with Gasteiger partial charge in [0.15, 0.2) is 0 Å². The van der Waals surface area contributed by atoms with Gasteiger partial charge in [-0.25, -0.2) is 8.42 Å². The Morgan fingerprint density at radius 1 is 1.03 bits per heavy atom. The van der Waals surface area contributed by atoms with E-state index in [1.807, 2.05) is 19.1 Å². The summed E-state index contributed by atoms with van der Waals surface area (Å²) in [5.74, 6) is 0.447. The van der Waals surface area contributed by atoms with Crippen molar-refractivity contribution in [3.05, 3.63) is 59.7 Å². The topological polar surface area (TPSA) is 84.9 Å². The molecule has 0 spiro atoms. The van der Waals surface area contributed by atoms with Crippen molar-refractivity contribution in [2.45, 2.75) is 49.3 Å². The molecule has 2 aromatic carbocycles. The first kappa shape index (κ1) is 24.7. The summed E-state index contributed by atoms with van der Waals surface area (Å²) in [6, 6.07) is 14.5. The molecule has 8 heteroatoms. The lowest BCUT2D eigenvalue weighted by Crippen LogP contribution is -2.45. The Morgan fingerprint density at radius 3 is 2.38 bits per heavy atom. The molecule has 1 amide bonds. The van der Waals surface area contributed by atoms with Crippen LogP contribution in [0.15, 0.2) is 53.4 Å². The Hall–Kier alpha value is -2.42. The number of carbonyl (C=O) groups excluding carboxylic acids is 1. The smallest absolute Gasteiger partial charge is 0.252 e. The summed E-state index contributed by atoms with van der Waals surface area (Å²) in [4.78, 5) is 13.4. The molecule has 0 aliphatic carbocycles. The Balaban J connectivity index is 1.55. The standard InChI is InChI=1S/C26H34N2O5S/c1-2-33-22-12-10-21(11-13-22)26(14-18-32-19-15-26)20-27-25(29)23-8-4-5-9-24(23)34(30,31)28-16-6-3-7-17-28/h4-5,8-13H,2-3,6-7,14-20H2,1H3,(H,27,29). The molecule has 2 aliphatic rings. The molecule has 2 aromatic rings. The Morgan fingerprint density at radius 2 is 1.71 bits per heavy atom. The minimum absolute atomic E-state index is 0.0801. The fourth-order valence-electron chi connectivity index (χ4n) is 4.87. The number of piperidine rings is 1. The molecule has 2 fully saturated rings. The lowest BCUT2D eigenvalue weighted by Gasteiger charge is -2.38.